The SMILES string of the molecule is O=C(COc1ccccc1Cl)Nc1nnc(C2CCCO2)s1. The largest absolute Gasteiger partial charge is 0.482 e. The van der Waals surface area contributed by atoms with Crippen molar-refractivity contribution in [2.45, 2.75) is 18.9 Å². The number of carbonyl (C=O) groups excluding carboxylic acids is 1. The van der Waals surface area contributed by atoms with Crippen LogP contribution in [0.5, 0.6) is 5.75 Å². The first-order valence-electron chi connectivity index (χ1n) is 6.84. The molecule has 1 fully saturated rings. The lowest BCUT2D eigenvalue weighted by Gasteiger charge is -2.06. The lowest BCUT2D eigenvalue weighted by atomic mass is 10.2. The molecule has 0 saturated carbocycles. The fourth-order valence-electron chi connectivity index (χ4n) is 2.05. The van der Waals surface area contributed by atoms with Gasteiger partial charge in [0.25, 0.3) is 5.91 Å². The topological polar surface area (TPSA) is 73.3 Å². The zero-order chi connectivity index (χ0) is 15.4. The van der Waals surface area contributed by atoms with Crippen molar-refractivity contribution in [2.75, 3.05) is 18.5 Å². The van der Waals surface area contributed by atoms with E-state index in [9.17, 15) is 4.79 Å². The second-order valence-corrected chi connectivity index (χ2v) is 6.13. The number of amides is 1. The molecule has 0 bridgehead atoms. The number of hydrogen-bond acceptors (Lipinski definition) is 6. The van der Waals surface area contributed by atoms with Crippen LogP contribution >= 0.6 is 22.9 Å². The van der Waals surface area contributed by atoms with Crippen LogP contribution in [0.4, 0.5) is 5.13 Å². The molecule has 6 nitrogen and oxygen atoms in total. The van der Waals surface area contributed by atoms with Crippen molar-refractivity contribution >= 4 is 34.0 Å². The van der Waals surface area contributed by atoms with Crippen LogP contribution < -0.4 is 10.1 Å². The molecule has 1 aliphatic rings. The van der Waals surface area contributed by atoms with Crippen molar-refractivity contribution in [3.05, 3.63) is 34.3 Å². The van der Waals surface area contributed by atoms with Crippen molar-refractivity contribution in [3.8, 4) is 5.75 Å². The van der Waals surface area contributed by atoms with Gasteiger partial charge in [-0.2, -0.15) is 0 Å². The monoisotopic (exact) mass is 339 g/mol. The average Bonchev–Trinajstić information content (AvgIpc) is 3.17. The number of halogens is 1. The molecular formula is C14H14ClN3O3S. The molecule has 1 aromatic carbocycles. The average molecular weight is 340 g/mol. The van der Waals surface area contributed by atoms with Gasteiger partial charge in [-0.05, 0) is 25.0 Å². The Kier molecular flexibility index (Phi) is 4.87. The Labute approximate surface area is 136 Å². The Hall–Kier alpha value is -1.70. The molecule has 1 unspecified atom stereocenters. The summed E-state index contributed by atoms with van der Waals surface area (Å²) in [7, 11) is 0. The van der Waals surface area contributed by atoms with Crippen LogP contribution in [-0.2, 0) is 9.53 Å². The molecule has 1 aromatic heterocycles. The van der Waals surface area contributed by atoms with Crippen LogP contribution in [0.2, 0.25) is 5.02 Å². The predicted molar refractivity (Wildman–Crippen MR) is 83.4 cm³/mol. The maximum Gasteiger partial charge on any atom is 0.264 e. The van der Waals surface area contributed by atoms with Crippen molar-refractivity contribution in [3.63, 3.8) is 0 Å². The Bertz CT molecular complexity index is 658. The van der Waals surface area contributed by atoms with E-state index in [0.717, 1.165) is 24.5 Å². The van der Waals surface area contributed by atoms with Gasteiger partial charge in [0.15, 0.2) is 6.61 Å². The lowest BCUT2D eigenvalue weighted by Crippen LogP contribution is -2.20. The number of nitrogens with one attached hydrogen (secondary N) is 1. The lowest BCUT2D eigenvalue weighted by molar-refractivity contribution is -0.118. The number of anilines is 1. The Morgan fingerprint density at radius 1 is 1.45 bits per heavy atom. The quantitative estimate of drug-likeness (QED) is 0.906. The number of ether oxygens (including phenoxy) is 2. The van der Waals surface area contributed by atoms with E-state index in [1.807, 2.05) is 0 Å². The van der Waals surface area contributed by atoms with Gasteiger partial charge < -0.3 is 9.47 Å². The zero-order valence-electron chi connectivity index (χ0n) is 11.6. The minimum absolute atomic E-state index is 0.00234. The van der Waals surface area contributed by atoms with Gasteiger partial charge in [-0.15, -0.1) is 10.2 Å². The third-order valence-corrected chi connectivity index (χ3v) is 4.33. The Morgan fingerprint density at radius 2 is 2.32 bits per heavy atom. The summed E-state index contributed by atoms with van der Waals surface area (Å²) in [6, 6.07) is 6.99. The number of hydrogen-bond donors (Lipinski definition) is 1. The number of benzene rings is 1. The van der Waals surface area contributed by atoms with E-state index in [1.54, 1.807) is 24.3 Å². The van der Waals surface area contributed by atoms with Crippen molar-refractivity contribution in [1.82, 2.24) is 10.2 Å². The predicted octanol–water partition coefficient (Wildman–Crippen LogP) is 3.06. The second kappa shape index (κ2) is 7.04. The van der Waals surface area contributed by atoms with Gasteiger partial charge in [-0.25, -0.2) is 0 Å². The third kappa shape index (κ3) is 3.73. The molecule has 3 rings (SSSR count). The van der Waals surface area contributed by atoms with Gasteiger partial charge in [-0.3, -0.25) is 10.1 Å². The molecule has 22 heavy (non-hydrogen) atoms. The molecule has 0 radical (unpaired) electrons. The van der Waals surface area contributed by atoms with Crippen molar-refractivity contribution in [2.24, 2.45) is 0 Å². The summed E-state index contributed by atoms with van der Waals surface area (Å²) in [5, 5.41) is 12.4. The summed E-state index contributed by atoms with van der Waals surface area (Å²) in [4.78, 5) is 11.9. The van der Waals surface area contributed by atoms with Crippen LogP contribution in [0.25, 0.3) is 0 Å². The summed E-state index contributed by atoms with van der Waals surface area (Å²) < 4.78 is 10.9. The van der Waals surface area contributed by atoms with Crippen molar-refractivity contribution < 1.29 is 14.3 Å². The molecule has 2 heterocycles. The molecule has 1 saturated heterocycles. The summed E-state index contributed by atoms with van der Waals surface area (Å²) in [6.07, 6.45) is 1.97. The first-order valence-corrected chi connectivity index (χ1v) is 8.04. The van der Waals surface area contributed by atoms with E-state index in [1.165, 1.54) is 11.3 Å². The van der Waals surface area contributed by atoms with Crippen LogP contribution in [0.1, 0.15) is 24.0 Å². The van der Waals surface area contributed by atoms with Crippen molar-refractivity contribution in [1.29, 1.82) is 0 Å². The molecule has 0 aliphatic carbocycles. The molecule has 1 N–H and O–H groups in total. The van der Waals surface area contributed by atoms with Crippen LogP contribution in [0.3, 0.4) is 0 Å². The summed E-state index contributed by atoms with van der Waals surface area (Å²) >= 11 is 7.28. The highest BCUT2D eigenvalue weighted by atomic mass is 35.5. The smallest absolute Gasteiger partial charge is 0.264 e. The molecule has 116 valence electrons. The molecule has 1 amide bonds. The number of para-hydroxylation sites is 1. The maximum absolute atomic E-state index is 11.9. The maximum atomic E-state index is 11.9. The third-order valence-electron chi connectivity index (χ3n) is 3.09. The Balaban J connectivity index is 1.52. The van der Waals surface area contributed by atoms with Gasteiger partial charge >= 0.3 is 0 Å². The van der Waals surface area contributed by atoms with E-state index >= 15 is 0 Å². The minimum Gasteiger partial charge on any atom is -0.482 e. The highest BCUT2D eigenvalue weighted by Gasteiger charge is 2.22. The molecule has 1 atom stereocenters. The number of carbonyl (C=O) groups is 1. The van der Waals surface area contributed by atoms with Gasteiger partial charge in [0.2, 0.25) is 5.13 Å². The molecular weight excluding hydrogens is 326 g/mol. The van der Waals surface area contributed by atoms with Crippen LogP contribution in [0, 0.1) is 0 Å². The highest BCUT2D eigenvalue weighted by Crippen LogP contribution is 2.31. The van der Waals surface area contributed by atoms with E-state index in [2.05, 4.69) is 15.5 Å². The second-order valence-electron chi connectivity index (χ2n) is 4.71. The van der Waals surface area contributed by atoms with E-state index in [-0.39, 0.29) is 18.6 Å². The Morgan fingerprint density at radius 3 is 3.09 bits per heavy atom. The van der Waals surface area contributed by atoms with Gasteiger partial charge in [0.1, 0.15) is 16.9 Å². The fourth-order valence-corrected chi connectivity index (χ4v) is 3.08. The number of aromatic nitrogens is 2. The first-order chi connectivity index (χ1) is 10.7. The van der Waals surface area contributed by atoms with Crippen LogP contribution in [-0.4, -0.2) is 29.3 Å². The number of rotatable bonds is 5. The number of nitrogens with zero attached hydrogens (tertiary/aromatic N) is 2. The van der Waals surface area contributed by atoms with E-state index in [4.69, 9.17) is 21.1 Å². The molecule has 8 heteroatoms. The normalized spacial score (nSPS) is 17.4. The highest BCUT2D eigenvalue weighted by molar-refractivity contribution is 7.15. The summed E-state index contributed by atoms with van der Waals surface area (Å²) in [5.41, 5.74) is 0. The van der Waals surface area contributed by atoms with E-state index < -0.39 is 0 Å². The minimum atomic E-state index is -0.310. The van der Waals surface area contributed by atoms with Gasteiger partial charge in [0.05, 0.1) is 5.02 Å². The zero-order valence-corrected chi connectivity index (χ0v) is 13.2. The van der Waals surface area contributed by atoms with Crippen LogP contribution in [0.15, 0.2) is 24.3 Å². The standard InChI is InChI=1S/C14H14ClN3O3S/c15-9-4-1-2-5-10(9)21-8-12(19)16-14-18-17-13(22-14)11-6-3-7-20-11/h1-2,4-5,11H,3,6-8H2,(H,16,18,19). The van der Waals surface area contributed by atoms with E-state index in [0.29, 0.717) is 15.9 Å². The molecule has 1 aliphatic heterocycles. The first kappa shape index (κ1) is 15.2. The van der Waals surface area contributed by atoms with Gasteiger partial charge in [-0.1, -0.05) is 35.1 Å². The molecule has 0 spiro atoms. The summed E-state index contributed by atoms with van der Waals surface area (Å²) in [6.45, 7) is 0.607. The summed E-state index contributed by atoms with van der Waals surface area (Å²) in [5.74, 6) is 0.159. The molecule has 2 aromatic rings. The fraction of sp³-hybridized carbons (Fsp3) is 0.357. The van der Waals surface area contributed by atoms with Gasteiger partial charge in [0, 0.05) is 6.61 Å².